The van der Waals surface area contributed by atoms with Crippen molar-refractivity contribution in [1.82, 2.24) is 5.32 Å². The fourth-order valence-corrected chi connectivity index (χ4v) is 0.929. The summed E-state index contributed by atoms with van der Waals surface area (Å²) in [5.74, 6) is 3.04. The van der Waals surface area contributed by atoms with Gasteiger partial charge in [0.2, 0.25) is 0 Å². The number of hydrogen-bond acceptors (Lipinski definition) is 2. The quantitative estimate of drug-likeness (QED) is 0.638. The van der Waals surface area contributed by atoms with E-state index in [1.165, 1.54) is 6.92 Å². The standard InChI is InChI=1S/C10H15NO3/c1-5-6-7(12)11-8(9(13)14)10(2,3)4/h8H,1-4H3,(H,11,12)(H,13,14)/t8-/m0/s1. The predicted molar refractivity (Wildman–Crippen MR) is 52.5 cm³/mol. The lowest BCUT2D eigenvalue weighted by Gasteiger charge is -2.26. The van der Waals surface area contributed by atoms with Crippen LogP contribution in [0.4, 0.5) is 0 Å². The minimum Gasteiger partial charge on any atom is -0.480 e. The molecule has 14 heavy (non-hydrogen) atoms. The molecule has 0 rings (SSSR count). The highest BCUT2D eigenvalue weighted by atomic mass is 16.4. The molecular weight excluding hydrogens is 182 g/mol. The highest BCUT2D eigenvalue weighted by molar-refractivity contribution is 5.96. The average Bonchev–Trinajstić information content (AvgIpc) is 1.98. The monoisotopic (exact) mass is 197 g/mol. The first-order valence-electron chi connectivity index (χ1n) is 4.25. The number of aliphatic carboxylic acids is 1. The molecule has 0 spiro atoms. The minimum absolute atomic E-state index is 0.531. The molecule has 1 amide bonds. The van der Waals surface area contributed by atoms with Crippen LogP contribution in [0.3, 0.4) is 0 Å². The van der Waals surface area contributed by atoms with Crippen LogP contribution in [0.15, 0.2) is 0 Å². The second-order valence-electron chi connectivity index (χ2n) is 3.99. The number of carboxylic acids is 1. The Balaban J connectivity index is 4.61. The Kier molecular flexibility index (Phi) is 4.16. The largest absolute Gasteiger partial charge is 0.480 e. The zero-order valence-electron chi connectivity index (χ0n) is 8.84. The molecule has 0 aromatic rings. The normalized spacial score (nSPS) is 12.3. The summed E-state index contributed by atoms with van der Waals surface area (Å²) in [4.78, 5) is 21.9. The first-order valence-corrected chi connectivity index (χ1v) is 4.25. The van der Waals surface area contributed by atoms with Crippen molar-refractivity contribution in [1.29, 1.82) is 0 Å². The molecule has 2 N–H and O–H groups in total. The second kappa shape index (κ2) is 4.66. The van der Waals surface area contributed by atoms with Crippen LogP contribution in [0, 0.1) is 17.3 Å². The van der Waals surface area contributed by atoms with Crippen LogP contribution in [-0.2, 0) is 9.59 Å². The van der Waals surface area contributed by atoms with Gasteiger partial charge in [-0.15, -0.1) is 0 Å². The number of carboxylic acid groups (broad SMARTS) is 1. The number of amides is 1. The van der Waals surface area contributed by atoms with Crippen molar-refractivity contribution >= 4 is 11.9 Å². The highest BCUT2D eigenvalue weighted by Gasteiger charge is 2.32. The maximum absolute atomic E-state index is 11.1. The zero-order valence-corrected chi connectivity index (χ0v) is 8.84. The van der Waals surface area contributed by atoms with Crippen molar-refractivity contribution in [2.45, 2.75) is 33.7 Å². The zero-order chi connectivity index (χ0) is 11.4. The van der Waals surface area contributed by atoms with Crippen LogP contribution in [0.5, 0.6) is 0 Å². The van der Waals surface area contributed by atoms with Crippen molar-refractivity contribution in [3.8, 4) is 11.8 Å². The van der Waals surface area contributed by atoms with Crippen molar-refractivity contribution in [2.24, 2.45) is 5.41 Å². The Morgan fingerprint density at radius 2 is 1.86 bits per heavy atom. The van der Waals surface area contributed by atoms with E-state index in [2.05, 4.69) is 17.2 Å². The molecule has 0 aliphatic carbocycles. The van der Waals surface area contributed by atoms with Gasteiger partial charge in [-0.3, -0.25) is 4.79 Å². The van der Waals surface area contributed by atoms with E-state index in [4.69, 9.17) is 5.11 Å². The van der Waals surface area contributed by atoms with Gasteiger partial charge in [0.05, 0.1) is 0 Å². The van der Waals surface area contributed by atoms with Crippen molar-refractivity contribution < 1.29 is 14.7 Å². The highest BCUT2D eigenvalue weighted by Crippen LogP contribution is 2.19. The van der Waals surface area contributed by atoms with Gasteiger partial charge in [-0.25, -0.2) is 4.79 Å². The molecule has 4 nitrogen and oxygen atoms in total. The van der Waals surface area contributed by atoms with E-state index in [-0.39, 0.29) is 0 Å². The van der Waals surface area contributed by atoms with Gasteiger partial charge in [0.15, 0.2) is 0 Å². The van der Waals surface area contributed by atoms with Gasteiger partial charge in [-0.05, 0) is 18.3 Å². The maximum Gasteiger partial charge on any atom is 0.326 e. The Morgan fingerprint density at radius 3 is 2.14 bits per heavy atom. The summed E-state index contributed by atoms with van der Waals surface area (Å²) in [5, 5.41) is 11.2. The van der Waals surface area contributed by atoms with E-state index in [1.54, 1.807) is 20.8 Å². The molecule has 0 radical (unpaired) electrons. The maximum atomic E-state index is 11.1. The summed E-state index contributed by atoms with van der Waals surface area (Å²) >= 11 is 0. The molecule has 4 heteroatoms. The number of carbonyl (C=O) groups excluding carboxylic acids is 1. The molecule has 0 fully saturated rings. The number of carbonyl (C=O) groups is 2. The summed E-state index contributed by atoms with van der Waals surface area (Å²) in [6.07, 6.45) is 0. The lowest BCUT2D eigenvalue weighted by molar-refractivity contribution is -0.144. The number of rotatable bonds is 2. The second-order valence-corrected chi connectivity index (χ2v) is 3.99. The van der Waals surface area contributed by atoms with E-state index in [0.717, 1.165) is 0 Å². The first-order chi connectivity index (χ1) is 6.29. The third kappa shape index (κ3) is 3.94. The predicted octanol–water partition coefficient (Wildman–Crippen LogP) is 0.625. The summed E-state index contributed by atoms with van der Waals surface area (Å²) < 4.78 is 0. The Bertz CT molecular complexity index is 291. The fourth-order valence-electron chi connectivity index (χ4n) is 0.929. The molecule has 0 aliphatic heterocycles. The summed E-state index contributed by atoms with van der Waals surface area (Å²) in [6.45, 7) is 6.74. The molecule has 0 saturated carbocycles. The molecule has 0 aliphatic rings. The molecule has 1 atom stereocenters. The lowest BCUT2D eigenvalue weighted by atomic mass is 9.87. The Labute approximate surface area is 83.7 Å². The molecule has 0 heterocycles. The van der Waals surface area contributed by atoms with Crippen LogP contribution >= 0.6 is 0 Å². The van der Waals surface area contributed by atoms with E-state index in [9.17, 15) is 9.59 Å². The van der Waals surface area contributed by atoms with Gasteiger partial charge >= 0.3 is 5.97 Å². The SMILES string of the molecule is CC#CC(=O)N[C@@H](C(=O)O)C(C)(C)C. The Morgan fingerprint density at radius 1 is 1.36 bits per heavy atom. The van der Waals surface area contributed by atoms with Crippen LogP contribution in [0.2, 0.25) is 0 Å². The molecule has 0 aromatic carbocycles. The van der Waals surface area contributed by atoms with Gasteiger partial charge in [0, 0.05) is 0 Å². The molecule has 78 valence electrons. The molecule has 0 aromatic heterocycles. The van der Waals surface area contributed by atoms with E-state index in [0.29, 0.717) is 0 Å². The Hall–Kier alpha value is -1.50. The molecule has 0 bridgehead atoms. The van der Waals surface area contributed by atoms with Gasteiger partial charge < -0.3 is 10.4 Å². The van der Waals surface area contributed by atoms with Crippen molar-refractivity contribution in [3.63, 3.8) is 0 Å². The summed E-state index contributed by atoms with van der Waals surface area (Å²) in [7, 11) is 0. The summed E-state index contributed by atoms with van der Waals surface area (Å²) in [6, 6.07) is -0.921. The van der Waals surface area contributed by atoms with E-state index >= 15 is 0 Å². The van der Waals surface area contributed by atoms with Crippen molar-refractivity contribution in [2.75, 3.05) is 0 Å². The molecular formula is C10H15NO3. The third-order valence-corrected chi connectivity index (χ3v) is 1.63. The first kappa shape index (κ1) is 12.5. The van der Waals surface area contributed by atoms with Gasteiger partial charge in [-0.1, -0.05) is 26.7 Å². The van der Waals surface area contributed by atoms with Gasteiger partial charge in [0.1, 0.15) is 6.04 Å². The minimum atomic E-state index is -1.05. The van der Waals surface area contributed by atoms with E-state index < -0.39 is 23.3 Å². The summed E-state index contributed by atoms with van der Waals surface area (Å²) in [5.41, 5.74) is -0.531. The molecule has 0 unspecified atom stereocenters. The van der Waals surface area contributed by atoms with Gasteiger partial charge in [-0.2, -0.15) is 0 Å². The topological polar surface area (TPSA) is 66.4 Å². The smallest absolute Gasteiger partial charge is 0.326 e. The van der Waals surface area contributed by atoms with Crippen LogP contribution in [0.25, 0.3) is 0 Å². The molecule has 0 saturated heterocycles. The fraction of sp³-hybridized carbons (Fsp3) is 0.600. The van der Waals surface area contributed by atoms with Gasteiger partial charge in [0.25, 0.3) is 5.91 Å². The van der Waals surface area contributed by atoms with Crippen LogP contribution < -0.4 is 5.32 Å². The van der Waals surface area contributed by atoms with Crippen LogP contribution in [-0.4, -0.2) is 23.0 Å². The third-order valence-electron chi connectivity index (χ3n) is 1.63. The van der Waals surface area contributed by atoms with Crippen molar-refractivity contribution in [3.05, 3.63) is 0 Å². The van der Waals surface area contributed by atoms with Crippen LogP contribution in [0.1, 0.15) is 27.7 Å². The number of nitrogens with one attached hydrogen (secondary N) is 1. The van der Waals surface area contributed by atoms with E-state index in [1.807, 2.05) is 0 Å². The average molecular weight is 197 g/mol. The number of hydrogen-bond donors (Lipinski definition) is 2. The lowest BCUT2D eigenvalue weighted by Crippen LogP contribution is -2.48.